The van der Waals surface area contributed by atoms with Gasteiger partial charge in [0.1, 0.15) is 18.0 Å². The third-order valence-electron chi connectivity index (χ3n) is 8.25. The molecular formula is C31H27FN2O2. The lowest BCUT2D eigenvalue weighted by Crippen LogP contribution is -2.46. The van der Waals surface area contributed by atoms with Crippen LogP contribution in [0, 0.1) is 11.2 Å². The molecule has 2 fully saturated rings. The first-order chi connectivity index (χ1) is 17.6. The van der Waals surface area contributed by atoms with Crippen LogP contribution in [-0.4, -0.2) is 15.6 Å². The Morgan fingerprint density at radius 2 is 1.47 bits per heavy atom. The molecule has 4 nitrogen and oxygen atoms in total. The van der Waals surface area contributed by atoms with Crippen LogP contribution in [0.5, 0.6) is 0 Å². The van der Waals surface area contributed by atoms with Crippen LogP contribution in [-0.2, 0) is 15.9 Å². The molecule has 5 heteroatoms. The fourth-order valence-electron chi connectivity index (χ4n) is 6.30. The topological polar surface area (TPSA) is 36.3 Å². The van der Waals surface area contributed by atoms with Crippen molar-refractivity contribution in [2.45, 2.75) is 44.2 Å². The van der Waals surface area contributed by atoms with Gasteiger partial charge in [-0.15, -0.1) is 0 Å². The lowest BCUT2D eigenvalue weighted by atomic mass is 9.72. The maximum absolute atomic E-state index is 13.5. The molecule has 180 valence electrons. The summed E-state index contributed by atoms with van der Waals surface area (Å²) in [4.78, 5) is 0. The first kappa shape index (κ1) is 21.7. The normalized spacial score (nSPS) is 26.0. The molecule has 1 saturated heterocycles. The minimum atomic E-state index is -0.727. The van der Waals surface area contributed by atoms with E-state index in [-0.39, 0.29) is 23.4 Å². The quantitative estimate of drug-likeness (QED) is 0.319. The van der Waals surface area contributed by atoms with Gasteiger partial charge in [0.15, 0.2) is 5.79 Å². The molecule has 0 unspecified atom stereocenters. The number of halogens is 1. The summed E-state index contributed by atoms with van der Waals surface area (Å²) in [5.41, 5.74) is 6.33. The van der Waals surface area contributed by atoms with Gasteiger partial charge in [-0.3, -0.25) is 0 Å². The predicted octanol–water partition coefficient (Wildman–Crippen LogP) is 6.98. The van der Waals surface area contributed by atoms with E-state index in [1.165, 1.54) is 17.7 Å². The number of ether oxygens (including phenoxy) is 2. The molecule has 0 N–H and O–H groups in total. The van der Waals surface area contributed by atoms with Gasteiger partial charge >= 0.3 is 0 Å². The Hall–Kier alpha value is -3.54. The van der Waals surface area contributed by atoms with Gasteiger partial charge in [-0.25, -0.2) is 9.07 Å². The van der Waals surface area contributed by atoms with Gasteiger partial charge < -0.3 is 9.47 Å². The molecular weight excluding hydrogens is 451 g/mol. The van der Waals surface area contributed by atoms with Crippen molar-refractivity contribution in [2.75, 3.05) is 0 Å². The van der Waals surface area contributed by atoms with Crippen molar-refractivity contribution in [1.29, 1.82) is 0 Å². The Morgan fingerprint density at radius 3 is 2.08 bits per heavy atom. The summed E-state index contributed by atoms with van der Waals surface area (Å²) in [5.74, 6) is -0.977. The van der Waals surface area contributed by atoms with E-state index in [4.69, 9.17) is 9.47 Å². The van der Waals surface area contributed by atoms with Crippen molar-refractivity contribution >= 4 is 6.08 Å². The summed E-state index contributed by atoms with van der Waals surface area (Å²) < 4.78 is 29.5. The molecule has 2 aliphatic carbocycles. The molecule has 0 amide bonds. The molecule has 2 heterocycles. The molecule has 3 aromatic carbocycles. The molecule has 7 rings (SSSR count). The lowest BCUT2D eigenvalue weighted by molar-refractivity contribution is -0.225. The van der Waals surface area contributed by atoms with Crippen LogP contribution in [0.2, 0.25) is 0 Å². The van der Waals surface area contributed by atoms with Gasteiger partial charge in [-0.1, -0.05) is 73.2 Å². The van der Waals surface area contributed by atoms with E-state index in [2.05, 4.69) is 66.6 Å². The maximum atomic E-state index is 13.5. The average molecular weight is 479 g/mol. The Bertz CT molecular complexity index is 1400. The van der Waals surface area contributed by atoms with Crippen LogP contribution in [0.4, 0.5) is 4.39 Å². The summed E-state index contributed by atoms with van der Waals surface area (Å²) in [6.07, 6.45) is 6.29. The second-order valence-corrected chi connectivity index (χ2v) is 10.3. The van der Waals surface area contributed by atoms with Crippen LogP contribution in [0.3, 0.4) is 0 Å². The van der Waals surface area contributed by atoms with Gasteiger partial charge in [0.05, 0.1) is 17.6 Å². The molecule has 1 aromatic heterocycles. The van der Waals surface area contributed by atoms with E-state index in [9.17, 15) is 4.39 Å². The van der Waals surface area contributed by atoms with Gasteiger partial charge in [-0.05, 0) is 59.9 Å². The second kappa shape index (κ2) is 7.99. The van der Waals surface area contributed by atoms with Crippen molar-refractivity contribution in [1.82, 2.24) is 9.78 Å². The Balaban J connectivity index is 1.29. The van der Waals surface area contributed by atoms with Gasteiger partial charge in [0.2, 0.25) is 0 Å². The number of benzene rings is 3. The van der Waals surface area contributed by atoms with Crippen molar-refractivity contribution in [3.05, 3.63) is 125 Å². The molecule has 3 aliphatic rings. The Labute approximate surface area is 210 Å². The fraction of sp³-hybridized carbons (Fsp3) is 0.258. The first-order valence-electron chi connectivity index (χ1n) is 12.6. The standard InChI is InChI=1S/C31H27FN2O2/c1-30-19-23-20-33-34(26-14-12-25(32)13-15-26)27(23)18-24(30)16-17-31(30)35-28(21-8-4-2-5-9-21)29(36-31)22-10-6-3-7-11-22/h2-15,18,20,28-29H,16-17,19H2,1H3/t28-,29-,30+/m1/s1. The van der Waals surface area contributed by atoms with E-state index in [0.717, 1.165) is 47.3 Å². The Morgan fingerprint density at radius 1 is 0.861 bits per heavy atom. The van der Waals surface area contributed by atoms with Crippen LogP contribution in [0.15, 0.2) is 96.7 Å². The van der Waals surface area contributed by atoms with E-state index in [0.29, 0.717) is 0 Å². The molecule has 1 saturated carbocycles. The van der Waals surface area contributed by atoms with Gasteiger partial charge in [-0.2, -0.15) is 5.10 Å². The smallest absolute Gasteiger partial charge is 0.179 e. The number of fused-ring (bicyclic) bond motifs is 3. The highest BCUT2D eigenvalue weighted by Crippen LogP contribution is 2.64. The van der Waals surface area contributed by atoms with Crippen LogP contribution in [0.25, 0.3) is 11.8 Å². The summed E-state index contributed by atoms with van der Waals surface area (Å²) in [6.45, 7) is 2.28. The van der Waals surface area contributed by atoms with Crippen molar-refractivity contribution in [3.8, 4) is 5.69 Å². The molecule has 1 spiro atoms. The highest BCUT2D eigenvalue weighted by Gasteiger charge is 2.64. The van der Waals surface area contributed by atoms with Crippen molar-refractivity contribution < 1.29 is 13.9 Å². The molecule has 0 radical (unpaired) electrons. The molecule has 0 bridgehead atoms. The van der Waals surface area contributed by atoms with Crippen molar-refractivity contribution in [2.24, 2.45) is 5.41 Å². The summed E-state index contributed by atoms with van der Waals surface area (Å²) in [7, 11) is 0. The highest BCUT2D eigenvalue weighted by molar-refractivity contribution is 5.62. The van der Waals surface area contributed by atoms with Crippen LogP contribution < -0.4 is 0 Å². The number of nitrogens with zero attached hydrogens (tertiary/aromatic N) is 2. The first-order valence-corrected chi connectivity index (χ1v) is 12.6. The highest BCUT2D eigenvalue weighted by atomic mass is 19.1. The number of rotatable bonds is 3. The van der Waals surface area contributed by atoms with E-state index in [1.807, 2.05) is 23.0 Å². The third kappa shape index (κ3) is 3.16. The molecule has 36 heavy (non-hydrogen) atoms. The zero-order valence-corrected chi connectivity index (χ0v) is 20.1. The molecule has 1 aliphatic heterocycles. The van der Waals surface area contributed by atoms with Crippen LogP contribution >= 0.6 is 0 Å². The largest absolute Gasteiger partial charge is 0.338 e. The van der Waals surface area contributed by atoms with E-state index >= 15 is 0 Å². The SMILES string of the molecule is C[C@]12Cc3cnn(-c4ccc(F)cc4)c3C=C1CCC21O[C@H](c2ccccc2)[C@@H](c2ccccc2)O1. The summed E-state index contributed by atoms with van der Waals surface area (Å²) >= 11 is 0. The van der Waals surface area contributed by atoms with Gasteiger partial charge in [0.25, 0.3) is 0 Å². The van der Waals surface area contributed by atoms with E-state index < -0.39 is 5.79 Å². The van der Waals surface area contributed by atoms with E-state index in [1.54, 1.807) is 12.1 Å². The molecule has 3 atom stereocenters. The zero-order chi connectivity index (χ0) is 24.3. The minimum Gasteiger partial charge on any atom is -0.338 e. The lowest BCUT2D eigenvalue weighted by Gasteiger charge is -2.42. The van der Waals surface area contributed by atoms with Crippen molar-refractivity contribution in [3.63, 3.8) is 0 Å². The van der Waals surface area contributed by atoms with Gasteiger partial charge in [0, 0.05) is 11.8 Å². The zero-order valence-electron chi connectivity index (χ0n) is 20.1. The number of aromatic nitrogens is 2. The molecule has 4 aromatic rings. The maximum Gasteiger partial charge on any atom is 0.179 e. The average Bonchev–Trinajstić information content (AvgIpc) is 3.58. The van der Waals surface area contributed by atoms with Crippen LogP contribution in [0.1, 0.15) is 54.4 Å². The monoisotopic (exact) mass is 478 g/mol. The predicted molar refractivity (Wildman–Crippen MR) is 136 cm³/mol. The summed E-state index contributed by atoms with van der Waals surface area (Å²) in [5, 5.41) is 4.66. The Kier molecular flexibility index (Phi) is 4.82. The summed E-state index contributed by atoms with van der Waals surface area (Å²) in [6, 6.07) is 27.3. The number of hydrogen-bond acceptors (Lipinski definition) is 3. The minimum absolute atomic E-state index is 0.187. The number of hydrogen-bond donors (Lipinski definition) is 0. The third-order valence-corrected chi connectivity index (χ3v) is 8.25. The second-order valence-electron chi connectivity index (χ2n) is 10.3. The fourth-order valence-corrected chi connectivity index (χ4v) is 6.30.